The van der Waals surface area contributed by atoms with Crippen LogP contribution < -0.4 is 4.74 Å². The van der Waals surface area contributed by atoms with Gasteiger partial charge >= 0.3 is 5.97 Å². The summed E-state index contributed by atoms with van der Waals surface area (Å²) in [5.74, 6) is 0.274. The van der Waals surface area contributed by atoms with Crippen molar-refractivity contribution in [3.05, 3.63) is 63.1 Å². The number of halogens is 1. The van der Waals surface area contributed by atoms with Gasteiger partial charge in [-0.15, -0.1) is 0 Å². The highest BCUT2D eigenvalue weighted by atomic mass is 79.9. The molecule has 0 spiro atoms. The highest BCUT2D eigenvalue weighted by Gasteiger charge is 2.11. The molecule has 98 valence electrons. The van der Waals surface area contributed by atoms with Gasteiger partial charge in [0.2, 0.25) is 0 Å². The molecular weight excluding hydrogens is 304 g/mol. The Labute approximate surface area is 121 Å². The number of esters is 1. The number of carbonyl (C=O) groups excluding carboxylic acids is 1. The van der Waals surface area contributed by atoms with Crippen LogP contribution in [0.3, 0.4) is 0 Å². The second kappa shape index (κ2) is 5.57. The van der Waals surface area contributed by atoms with Gasteiger partial charge in [0.1, 0.15) is 5.75 Å². The van der Waals surface area contributed by atoms with E-state index in [1.54, 1.807) is 12.1 Å². The van der Waals surface area contributed by atoms with Crippen LogP contribution in [0.25, 0.3) is 0 Å². The van der Waals surface area contributed by atoms with Crippen molar-refractivity contribution in [1.82, 2.24) is 0 Å². The molecule has 0 aliphatic rings. The number of benzene rings is 2. The molecule has 0 aliphatic heterocycles. The molecule has 2 nitrogen and oxygen atoms in total. The molecule has 0 fully saturated rings. The SMILES string of the molecule is Cc1ccc(C)c(OC(=O)c2ccc(C)c(Br)c2)c1. The van der Waals surface area contributed by atoms with Crippen molar-refractivity contribution in [1.29, 1.82) is 0 Å². The van der Waals surface area contributed by atoms with Gasteiger partial charge in [0.25, 0.3) is 0 Å². The number of rotatable bonds is 2. The van der Waals surface area contributed by atoms with Crippen LogP contribution in [-0.4, -0.2) is 5.97 Å². The van der Waals surface area contributed by atoms with Gasteiger partial charge < -0.3 is 4.74 Å². The third-order valence-corrected chi connectivity index (χ3v) is 3.81. The van der Waals surface area contributed by atoms with Gasteiger partial charge in [-0.2, -0.15) is 0 Å². The van der Waals surface area contributed by atoms with Crippen molar-refractivity contribution < 1.29 is 9.53 Å². The lowest BCUT2D eigenvalue weighted by molar-refractivity contribution is 0.0733. The fourth-order valence-electron chi connectivity index (χ4n) is 1.70. The summed E-state index contributed by atoms with van der Waals surface area (Å²) in [5, 5.41) is 0. The minimum absolute atomic E-state index is 0.339. The Bertz CT molecular complexity index is 633. The summed E-state index contributed by atoms with van der Waals surface area (Å²) >= 11 is 3.42. The molecule has 0 unspecified atom stereocenters. The standard InChI is InChI=1S/C16H15BrO2/c1-10-4-5-12(3)15(8-10)19-16(18)13-7-6-11(2)14(17)9-13/h4-9H,1-3H3. The highest BCUT2D eigenvalue weighted by molar-refractivity contribution is 9.10. The molecule has 0 bridgehead atoms. The molecule has 0 N–H and O–H groups in total. The van der Waals surface area contributed by atoms with Gasteiger partial charge in [-0.05, 0) is 55.7 Å². The number of carbonyl (C=O) groups is 1. The Morgan fingerprint density at radius 2 is 1.68 bits per heavy atom. The molecule has 2 rings (SSSR count). The fraction of sp³-hybridized carbons (Fsp3) is 0.188. The van der Waals surface area contributed by atoms with Crippen molar-refractivity contribution >= 4 is 21.9 Å². The van der Waals surface area contributed by atoms with Gasteiger partial charge in [0.15, 0.2) is 0 Å². The van der Waals surface area contributed by atoms with E-state index in [-0.39, 0.29) is 5.97 Å². The zero-order chi connectivity index (χ0) is 14.0. The molecule has 0 atom stereocenters. The highest BCUT2D eigenvalue weighted by Crippen LogP contribution is 2.22. The van der Waals surface area contributed by atoms with Crippen LogP contribution >= 0.6 is 15.9 Å². The van der Waals surface area contributed by atoms with Crippen LogP contribution in [0.5, 0.6) is 5.75 Å². The lowest BCUT2D eigenvalue weighted by atomic mass is 10.1. The summed E-state index contributed by atoms with van der Waals surface area (Å²) in [6.45, 7) is 5.87. The summed E-state index contributed by atoms with van der Waals surface area (Å²) < 4.78 is 6.35. The van der Waals surface area contributed by atoms with Gasteiger partial charge in [-0.3, -0.25) is 0 Å². The van der Waals surface area contributed by atoms with E-state index in [1.807, 2.05) is 45.0 Å². The van der Waals surface area contributed by atoms with E-state index >= 15 is 0 Å². The topological polar surface area (TPSA) is 26.3 Å². The lowest BCUT2D eigenvalue weighted by Crippen LogP contribution is -2.09. The summed E-state index contributed by atoms with van der Waals surface area (Å²) in [4.78, 5) is 12.1. The quantitative estimate of drug-likeness (QED) is 0.597. The zero-order valence-corrected chi connectivity index (χ0v) is 12.7. The number of aryl methyl sites for hydroxylation is 3. The van der Waals surface area contributed by atoms with E-state index in [2.05, 4.69) is 15.9 Å². The first kappa shape index (κ1) is 13.8. The largest absolute Gasteiger partial charge is 0.423 e. The molecule has 3 heteroatoms. The Kier molecular flexibility index (Phi) is 4.05. The Morgan fingerprint density at radius 1 is 1.00 bits per heavy atom. The van der Waals surface area contributed by atoms with Gasteiger partial charge in [0, 0.05) is 4.47 Å². The maximum atomic E-state index is 12.1. The molecule has 0 aliphatic carbocycles. The molecule has 2 aromatic rings. The molecule has 0 heterocycles. The maximum Gasteiger partial charge on any atom is 0.343 e. The Morgan fingerprint density at radius 3 is 2.37 bits per heavy atom. The molecule has 0 amide bonds. The summed E-state index contributed by atoms with van der Waals surface area (Å²) in [7, 11) is 0. The van der Waals surface area contributed by atoms with E-state index in [0.717, 1.165) is 21.2 Å². The normalized spacial score (nSPS) is 10.3. The van der Waals surface area contributed by atoms with Crippen LogP contribution in [0.15, 0.2) is 40.9 Å². The van der Waals surface area contributed by atoms with E-state index in [0.29, 0.717) is 11.3 Å². The number of hydrogen-bond acceptors (Lipinski definition) is 2. The average Bonchev–Trinajstić information content (AvgIpc) is 2.37. The fourth-order valence-corrected chi connectivity index (χ4v) is 2.07. The van der Waals surface area contributed by atoms with Crippen LogP contribution in [0, 0.1) is 20.8 Å². The molecular formula is C16H15BrO2. The second-order valence-electron chi connectivity index (χ2n) is 4.62. The first-order valence-corrected chi connectivity index (χ1v) is 6.82. The van der Waals surface area contributed by atoms with Crippen LogP contribution in [0.4, 0.5) is 0 Å². The van der Waals surface area contributed by atoms with Crippen LogP contribution in [0.2, 0.25) is 0 Å². The Balaban J connectivity index is 2.25. The van der Waals surface area contributed by atoms with E-state index in [9.17, 15) is 4.79 Å². The summed E-state index contributed by atoms with van der Waals surface area (Å²) in [5.41, 5.74) is 3.64. The van der Waals surface area contributed by atoms with Crippen molar-refractivity contribution in [2.45, 2.75) is 20.8 Å². The number of hydrogen-bond donors (Lipinski definition) is 0. The predicted octanol–water partition coefficient (Wildman–Crippen LogP) is 4.59. The molecule has 0 radical (unpaired) electrons. The summed E-state index contributed by atoms with van der Waals surface area (Å²) in [6, 6.07) is 11.3. The predicted molar refractivity (Wildman–Crippen MR) is 79.8 cm³/mol. The van der Waals surface area contributed by atoms with Crippen LogP contribution in [-0.2, 0) is 0 Å². The third kappa shape index (κ3) is 3.24. The van der Waals surface area contributed by atoms with Gasteiger partial charge in [0.05, 0.1) is 5.56 Å². The smallest absolute Gasteiger partial charge is 0.343 e. The monoisotopic (exact) mass is 318 g/mol. The maximum absolute atomic E-state index is 12.1. The van der Waals surface area contributed by atoms with E-state index in [4.69, 9.17) is 4.74 Å². The van der Waals surface area contributed by atoms with Crippen LogP contribution in [0.1, 0.15) is 27.0 Å². The minimum Gasteiger partial charge on any atom is -0.423 e. The Hall–Kier alpha value is -1.61. The third-order valence-electron chi connectivity index (χ3n) is 2.95. The molecule has 2 aromatic carbocycles. The molecule has 0 aromatic heterocycles. The van der Waals surface area contributed by atoms with Crippen molar-refractivity contribution in [3.8, 4) is 5.75 Å². The lowest BCUT2D eigenvalue weighted by Gasteiger charge is -2.09. The average molecular weight is 319 g/mol. The minimum atomic E-state index is -0.339. The van der Waals surface area contributed by atoms with E-state index < -0.39 is 0 Å². The molecule has 0 saturated carbocycles. The summed E-state index contributed by atoms with van der Waals surface area (Å²) in [6.07, 6.45) is 0. The molecule has 19 heavy (non-hydrogen) atoms. The van der Waals surface area contributed by atoms with E-state index in [1.165, 1.54) is 0 Å². The zero-order valence-electron chi connectivity index (χ0n) is 11.2. The van der Waals surface area contributed by atoms with Crippen molar-refractivity contribution in [3.63, 3.8) is 0 Å². The van der Waals surface area contributed by atoms with Crippen molar-refractivity contribution in [2.24, 2.45) is 0 Å². The first-order valence-electron chi connectivity index (χ1n) is 6.03. The molecule has 0 saturated heterocycles. The van der Waals surface area contributed by atoms with Gasteiger partial charge in [-0.25, -0.2) is 4.79 Å². The second-order valence-corrected chi connectivity index (χ2v) is 5.48. The van der Waals surface area contributed by atoms with Gasteiger partial charge in [-0.1, -0.05) is 34.1 Å². The number of ether oxygens (including phenoxy) is 1. The first-order chi connectivity index (χ1) is 8.97. The van der Waals surface area contributed by atoms with Crippen molar-refractivity contribution in [2.75, 3.05) is 0 Å².